The van der Waals surface area contributed by atoms with Gasteiger partial charge in [-0.1, -0.05) is 17.3 Å². The van der Waals surface area contributed by atoms with Crippen LogP contribution in [0.2, 0.25) is 0 Å². The van der Waals surface area contributed by atoms with Crippen molar-refractivity contribution in [2.24, 2.45) is 0 Å². The number of aryl methyl sites for hydroxylation is 1. The number of aromatic nitrogens is 1. The van der Waals surface area contributed by atoms with Gasteiger partial charge in [-0.2, -0.15) is 0 Å². The molecular weight excluding hydrogens is 420 g/mol. The van der Waals surface area contributed by atoms with E-state index in [9.17, 15) is 13.2 Å². The number of hydrogen-bond donors (Lipinski definition) is 1. The molecule has 0 bridgehead atoms. The van der Waals surface area contributed by atoms with E-state index in [1.807, 2.05) is 12.1 Å². The standard InChI is InChI=1S/C22H24N2O6S/c1-15-12-20(30-24-15)17-6-9-19(29-3)21(13-17)31(26,27)11-10-22(25)23-14-16-4-7-18(28-2)8-5-16/h4-9,12-13H,10-11,14H2,1-3H3,(H,23,25). The number of nitrogens with one attached hydrogen (secondary N) is 1. The summed E-state index contributed by atoms with van der Waals surface area (Å²) in [5.41, 5.74) is 2.13. The van der Waals surface area contributed by atoms with Crippen LogP contribution in [0, 0.1) is 6.92 Å². The van der Waals surface area contributed by atoms with Crippen LogP contribution >= 0.6 is 0 Å². The van der Waals surface area contributed by atoms with Crippen molar-refractivity contribution in [3.8, 4) is 22.8 Å². The number of benzene rings is 2. The van der Waals surface area contributed by atoms with Gasteiger partial charge in [-0.3, -0.25) is 4.79 Å². The van der Waals surface area contributed by atoms with E-state index in [4.69, 9.17) is 14.0 Å². The summed E-state index contributed by atoms with van der Waals surface area (Å²) in [4.78, 5) is 12.2. The topological polar surface area (TPSA) is 108 Å². The number of carbonyl (C=O) groups excluding carboxylic acids is 1. The summed E-state index contributed by atoms with van der Waals surface area (Å²) in [6.45, 7) is 2.07. The first-order chi connectivity index (χ1) is 14.8. The van der Waals surface area contributed by atoms with Crippen molar-refractivity contribution in [1.82, 2.24) is 10.5 Å². The summed E-state index contributed by atoms with van der Waals surface area (Å²) in [5.74, 6) is 0.669. The molecule has 0 saturated heterocycles. The molecule has 2 aromatic carbocycles. The van der Waals surface area contributed by atoms with E-state index in [0.717, 1.165) is 11.3 Å². The predicted octanol–water partition coefficient (Wildman–Crippen LogP) is 3.15. The fourth-order valence-corrected chi connectivity index (χ4v) is 4.38. The molecule has 8 nitrogen and oxygen atoms in total. The maximum atomic E-state index is 12.9. The van der Waals surface area contributed by atoms with Crippen LogP contribution in [0.15, 0.2) is 57.9 Å². The lowest BCUT2D eigenvalue weighted by molar-refractivity contribution is -0.120. The third kappa shape index (κ3) is 5.64. The van der Waals surface area contributed by atoms with Crippen LogP contribution in [0.25, 0.3) is 11.3 Å². The monoisotopic (exact) mass is 444 g/mol. The van der Waals surface area contributed by atoms with Crippen molar-refractivity contribution in [1.29, 1.82) is 0 Å². The predicted molar refractivity (Wildman–Crippen MR) is 115 cm³/mol. The Balaban J connectivity index is 1.67. The maximum absolute atomic E-state index is 12.9. The van der Waals surface area contributed by atoms with Gasteiger partial charge in [0.15, 0.2) is 15.6 Å². The summed E-state index contributed by atoms with van der Waals surface area (Å²) in [5, 5.41) is 6.56. The summed E-state index contributed by atoms with van der Waals surface area (Å²) < 4.78 is 41.4. The first kappa shape index (κ1) is 22.4. The summed E-state index contributed by atoms with van der Waals surface area (Å²) in [7, 11) is -0.803. The van der Waals surface area contributed by atoms with Crippen LogP contribution in [0.5, 0.6) is 11.5 Å². The van der Waals surface area contributed by atoms with Crippen LogP contribution < -0.4 is 14.8 Å². The van der Waals surface area contributed by atoms with E-state index in [1.165, 1.54) is 13.2 Å². The van der Waals surface area contributed by atoms with E-state index < -0.39 is 9.84 Å². The summed E-state index contributed by atoms with van der Waals surface area (Å²) >= 11 is 0. The Morgan fingerprint density at radius 3 is 2.42 bits per heavy atom. The highest BCUT2D eigenvalue weighted by Gasteiger charge is 2.22. The molecule has 1 aromatic heterocycles. The number of carbonyl (C=O) groups is 1. The number of nitrogens with zero attached hydrogens (tertiary/aromatic N) is 1. The highest BCUT2D eigenvalue weighted by molar-refractivity contribution is 7.91. The van der Waals surface area contributed by atoms with Crippen molar-refractivity contribution in [3.63, 3.8) is 0 Å². The molecule has 164 valence electrons. The molecule has 0 aliphatic heterocycles. The Hall–Kier alpha value is -3.33. The molecular formula is C22H24N2O6S. The molecule has 3 rings (SSSR count). The van der Waals surface area contributed by atoms with Crippen LogP contribution in [-0.4, -0.2) is 39.5 Å². The van der Waals surface area contributed by atoms with E-state index in [-0.39, 0.29) is 28.7 Å². The van der Waals surface area contributed by atoms with Gasteiger partial charge >= 0.3 is 0 Å². The van der Waals surface area contributed by atoms with Crippen LogP contribution in [0.3, 0.4) is 0 Å². The number of sulfone groups is 1. The average Bonchev–Trinajstić information content (AvgIpc) is 3.22. The Kier molecular flexibility index (Phi) is 6.96. The zero-order valence-corrected chi connectivity index (χ0v) is 18.4. The first-order valence-electron chi connectivity index (χ1n) is 9.56. The molecule has 31 heavy (non-hydrogen) atoms. The van der Waals surface area contributed by atoms with Crippen molar-refractivity contribution < 1.29 is 27.2 Å². The molecule has 0 unspecified atom stereocenters. The van der Waals surface area contributed by atoms with Gasteiger partial charge in [0.25, 0.3) is 0 Å². The van der Waals surface area contributed by atoms with Gasteiger partial charge in [-0.05, 0) is 42.8 Å². The van der Waals surface area contributed by atoms with E-state index >= 15 is 0 Å². The molecule has 0 spiro atoms. The zero-order valence-electron chi connectivity index (χ0n) is 17.5. The molecule has 1 heterocycles. The molecule has 0 fully saturated rings. The Labute approximate surface area is 181 Å². The minimum Gasteiger partial charge on any atom is -0.497 e. The number of methoxy groups -OCH3 is 2. The third-order valence-electron chi connectivity index (χ3n) is 4.66. The lowest BCUT2D eigenvalue weighted by atomic mass is 10.1. The second-order valence-electron chi connectivity index (χ2n) is 6.89. The number of ether oxygens (including phenoxy) is 2. The number of rotatable bonds is 9. The molecule has 0 radical (unpaired) electrons. The largest absolute Gasteiger partial charge is 0.497 e. The Morgan fingerprint density at radius 2 is 1.81 bits per heavy atom. The van der Waals surface area contributed by atoms with E-state index in [2.05, 4.69) is 10.5 Å². The van der Waals surface area contributed by atoms with Crippen LogP contribution in [-0.2, 0) is 21.2 Å². The van der Waals surface area contributed by atoms with Crippen molar-refractivity contribution in [2.45, 2.75) is 24.8 Å². The fourth-order valence-electron chi connectivity index (χ4n) is 2.94. The van der Waals surface area contributed by atoms with Gasteiger partial charge < -0.3 is 19.3 Å². The zero-order chi connectivity index (χ0) is 22.4. The van der Waals surface area contributed by atoms with Crippen molar-refractivity contribution in [3.05, 3.63) is 59.8 Å². The highest BCUT2D eigenvalue weighted by Crippen LogP contribution is 2.31. The van der Waals surface area contributed by atoms with Gasteiger partial charge in [0.2, 0.25) is 5.91 Å². The quantitative estimate of drug-likeness (QED) is 0.540. The maximum Gasteiger partial charge on any atom is 0.221 e. The smallest absolute Gasteiger partial charge is 0.221 e. The second-order valence-corrected chi connectivity index (χ2v) is 8.97. The molecule has 0 aliphatic rings. The minimum absolute atomic E-state index is 0.00417. The third-order valence-corrected chi connectivity index (χ3v) is 6.39. The van der Waals surface area contributed by atoms with E-state index in [0.29, 0.717) is 23.6 Å². The fraction of sp³-hybridized carbons (Fsp3) is 0.273. The lowest BCUT2D eigenvalue weighted by Gasteiger charge is -2.11. The molecule has 3 aromatic rings. The molecule has 1 amide bonds. The van der Waals surface area contributed by atoms with Crippen LogP contribution in [0.1, 0.15) is 17.7 Å². The van der Waals surface area contributed by atoms with Gasteiger partial charge in [0.1, 0.15) is 16.4 Å². The number of hydrogen-bond acceptors (Lipinski definition) is 7. The summed E-state index contributed by atoms with van der Waals surface area (Å²) in [6.07, 6.45) is -0.173. The van der Waals surface area contributed by atoms with Gasteiger partial charge in [0.05, 0.1) is 25.7 Å². The SMILES string of the molecule is COc1ccc(CNC(=O)CCS(=O)(=O)c2cc(-c3cc(C)no3)ccc2OC)cc1. The van der Waals surface area contributed by atoms with E-state index in [1.54, 1.807) is 44.4 Å². The molecule has 0 aliphatic carbocycles. The lowest BCUT2D eigenvalue weighted by Crippen LogP contribution is -2.25. The first-order valence-corrected chi connectivity index (χ1v) is 11.2. The average molecular weight is 445 g/mol. The second kappa shape index (κ2) is 9.65. The highest BCUT2D eigenvalue weighted by atomic mass is 32.2. The van der Waals surface area contributed by atoms with Gasteiger partial charge in [0, 0.05) is 24.6 Å². The minimum atomic E-state index is -3.78. The summed E-state index contributed by atoms with van der Waals surface area (Å²) in [6, 6.07) is 13.7. The normalized spacial score (nSPS) is 11.2. The molecule has 1 N–H and O–H groups in total. The Bertz CT molecular complexity index is 1150. The number of amides is 1. The molecule has 0 saturated carbocycles. The van der Waals surface area contributed by atoms with Crippen molar-refractivity contribution in [2.75, 3.05) is 20.0 Å². The van der Waals surface area contributed by atoms with Crippen molar-refractivity contribution >= 4 is 15.7 Å². The molecule has 9 heteroatoms. The Morgan fingerprint density at radius 1 is 1.06 bits per heavy atom. The van der Waals surface area contributed by atoms with Crippen LogP contribution in [0.4, 0.5) is 0 Å². The van der Waals surface area contributed by atoms with Gasteiger partial charge in [-0.25, -0.2) is 8.42 Å². The molecule has 0 atom stereocenters. The van der Waals surface area contributed by atoms with Gasteiger partial charge in [-0.15, -0.1) is 0 Å².